The molecule has 2 heterocycles. The summed E-state index contributed by atoms with van der Waals surface area (Å²) < 4.78 is 7.44. The van der Waals surface area contributed by atoms with Gasteiger partial charge in [-0.25, -0.2) is 4.68 Å². The van der Waals surface area contributed by atoms with E-state index in [-0.39, 0.29) is 17.7 Å². The normalized spacial score (nSPS) is 20.2. The Morgan fingerprint density at radius 1 is 1.03 bits per heavy atom. The van der Waals surface area contributed by atoms with Gasteiger partial charge >= 0.3 is 0 Å². The predicted octanol–water partition coefficient (Wildman–Crippen LogP) is 4.71. The van der Waals surface area contributed by atoms with Crippen molar-refractivity contribution in [2.45, 2.75) is 45.6 Å². The van der Waals surface area contributed by atoms with Gasteiger partial charge in [0.15, 0.2) is 5.78 Å². The molecule has 2 aromatic carbocycles. The van der Waals surface area contributed by atoms with Crippen LogP contribution in [0.5, 0.6) is 5.75 Å². The van der Waals surface area contributed by atoms with Crippen molar-refractivity contribution in [3.05, 3.63) is 82.3 Å². The molecule has 6 nitrogen and oxygen atoms in total. The molecule has 2 atom stereocenters. The first-order chi connectivity index (χ1) is 15.0. The number of ether oxygens (including phenoxy) is 1. The average Bonchev–Trinajstić information content (AvgIpc) is 3.13. The maximum Gasteiger partial charge on any atom is 0.226 e. The highest BCUT2D eigenvalue weighted by atomic mass is 16.5. The third kappa shape index (κ3) is 3.52. The van der Waals surface area contributed by atoms with Crippen LogP contribution in [0.3, 0.4) is 0 Å². The number of allylic oxidation sites excluding steroid dienone is 2. The molecule has 0 spiro atoms. The molecule has 0 radical (unpaired) electrons. The van der Waals surface area contributed by atoms with Gasteiger partial charge in [-0.05, 0) is 56.4 Å². The number of rotatable bonds is 4. The third-order valence-electron chi connectivity index (χ3n) is 6.08. The second-order valence-corrected chi connectivity index (χ2v) is 8.29. The van der Waals surface area contributed by atoms with E-state index in [1.165, 1.54) is 11.1 Å². The SMILES string of the molecule is CCOc1ccc([C@H]2C3=C(C[C@H](c4ccc(C)cc4)CC3=O)Nc3nc(C)nn32)cc1. The molecule has 0 fully saturated rings. The zero-order valence-electron chi connectivity index (χ0n) is 18.1. The number of ketones is 1. The molecule has 5 rings (SSSR count). The van der Waals surface area contributed by atoms with Crippen molar-refractivity contribution < 1.29 is 9.53 Å². The summed E-state index contributed by atoms with van der Waals surface area (Å²) in [5.41, 5.74) is 5.19. The van der Waals surface area contributed by atoms with Gasteiger partial charge in [0, 0.05) is 17.7 Å². The first-order valence-electron chi connectivity index (χ1n) is 10.8. The zero-order valence-corrected chi connectivity index (χ0v) is 18.1. The van der Waals surface area contributed by atoms with Crippen molar-refractivity contribution in [1.29, 1.82) is 0 Å². The van der Waals surface area contributed by atoms with E-state index in [1.54, 1.807) is 0 Å². The summed E-state index contributed by atoms with van der Waals surface area (Å²) in [6, 6.07) is 16.2. The highest BCUT2D eigenvalue weighted by molar-refractivity contribution is 6.00. The summed E-state index contributed by atoms with van der Waals surface area (Å²) in [6.45, 7) is 6.54. The second kappa shape index (κ2) is 7.69. The maximum atomic E-state index is 13.5. The van der Waals surface area contributed by atoms with E-state index in [9.17, 15) is 4.79 Å². The number of carbonyl (C=O) groups excluding carboxylic acids is 1. The number of benzene rings is 2. The van der Waals surface area contributed by atoms with E-state index in [1.807, 2.05) is 42.8 Å². The largest absolute Gasteiger partial charge is 0.494 e. The minimum absolute atomic E-state index is 0.163. The average molecular weight is 415 g/mol. The molecule has 1 aromatic heterocycles. The standard InChI is InChI=1S/C25H26N4O2/c1-4-31-20-11-9-18(10-12-20)24-23-21(27-25-26-16(3)28-29(24)25)13-19(14-22(23)30)17-7-5-15(2)6-8-17/h5-12,19,24H,4,13-14H2,1-3H3,(H,26,27,28)/t19-,24-/m0/s1. The van der Waals surface area contributed by atoms with Crippen molar-refractivity contribution >= 4 is 11.7 Å². The fourth-order valence-corrected chi connectivity index (χ4v) is 4.61. The van der Waals surface area contributed by atoms with Gasteiger partial charge in [0.25, 0.3) is 0 Å². The number of aryl methyl sites for hydroxylation is 2. The summed E-state index contributed by atoms with van der Waals surface area (Å²) in [4.78, 5) is 18.0. The Morgan fingerprint density at radius 3 is 2.45 bits per heavy atom. The summed E-state index contributed by atoms with van der Waals surface area (Å²) >= 11 is 0. The summed E-state index contributed by atoms with van der Waals surface area (Å²) in [6.07, 6.45) is 1.28. The monoisotopic (exact) mass is 414 g/mol. The fraction of sp³-hybridized carbons (Fsp3) is 0.320. The molecule has 1 aliphatic heterocycles. The zero-order chi connectivity index (χ0) is 21.5. The molecule has 0 unspecified atom stereocenters. The lowest BCUT2D eigenvalue weighted by atomic mass is 9.78. The van der Waals surface area contributed by atoms with Crippen molar-refractivity contribution in [3.8, 4) is 5.75 Å². The minimum Gasteiger partial charge on any atom is -0.494 e. The molecular formula is C25H26N4O2. The third-order valence-corrected chi connectivity index (χ3v) is 6.08. The van der Waals surface area contributed by atoms with Crippen LogP contribution in [0, 0.1) is 13.8 Å². The molecule has 31 heavy (non-hydrogen) atoms. The number of hydrogen-bond acceptors (Lipinski definition) is 5. The molecular weight excluding hydrogens is 388 g/mol. The molecule has 0 amide bonds. The molecule has 158 valence electrons. The molecule has 2 aliphatic rings. The van der Waals surface area contributed by atoms with Crippen LogP contribution in [0.2, 0.25) is 0 Å². The molecule has 1 N–H and O–H groups in total. The van der Waals surface area contributed by atoms with Crippen molar-refractivity contribution in [2.75, 3.05) is 11.9 Å². The Morgan fingerprint density at radius 2 is 1.74 bits per heavy atom. The lowest BCUT2D eigenvalue weighted by Gasteiger charge is -2.35. The Hall–Kier alpha value is -3.41. The molecule has 1 aliphatic carbocycles. The van der Waals surface area contributed by atoms with Crippen LogP contribution in [0.25, 0.3) is 0 Å². The number of anilines is 1. The number of Topliss-reactive ketones (excluding diaryl/α,β-unsaturated/α-hetero) is 1. The molecule has 0 saturated heterocycles. The van der Waals surface area contributed by atoms with Crippen LogP contribution in [-0.4, -0.2) is 27.2 Å². The number of nitrogens with zero attached hydrogens (tertiary/aromatic N) is 3. The van der Waals surface area contributed by atoms with Crippen LogP contribution in [0.1, 0.15) is 54.2 Å². The Balaban J connectivity index is 1.56. The Bertz CT molecular complexity index is 1160. The Labute approximate surface area is 182 Å². The fourth-order valence-electron chi connectivity index (χ4n) is 4.61. The van der Waals surface area contributed by atoms with Gasteiger partial charge in [-0.3, -0.25) is 4.79 Å². The first kappa shape index (κ1) is 19.5. The van der Waals surface area contributed by atoms with E-state index in [4.69, 9.17) is 4.74 Å². The summed E-state index contributed by atoms with van der Waals surface area (Å²) in [5.74, 6) is 2.51. The van der Waals surface area contributed by atoms with Crippen molar-refractivity contribution in [2.24, 2.45) is 0 Å². The van der Waals surface area contributed by atoms with Gasteiger partial charge in [-0.2, -0.15) is 10.1 Å². The number of nitrogens with one attached hydrogen (secondary N) is 1. The lowest BCUT2D eigenvalue weighted by Crippen LogP contribution is -2.33. The lowest BCUT2D eigenvalue weighted by molar-refractivity contribution is -0.116. The molecule has 0 bridgehead atoms. The van der Waals surface area contributed by atoms with E-state index in [0.29, 0.717) is 24.8 Å². The smallest absolute Gasteiger partial charge is 0.226 e. The number of carbonyl (C=O) groups is 1. The van der Waals surface area contributed by atoms with E-state index >= 15 is 0 Å². The van der Waals surface area contributed by atoms with E-state index in [2.05, 4.69) is 46.6 Å². The van der Waals surface area contributed by atoms with Gasteiger partial charge < -0.3 is 10.1 Å². The minimum atomic E-state index is -0.283. The van der Waals surface area contributed by atoms with Crippen LogP contribution in [0.15, 0.2) is 59.8 Å². The van der Waals surface area contributed by atoms with Crippen molar-refractivity contribution in [1.82, 2.24) is 14.8 Å². The second-order valence-electron chi connectivity index (χ2n) is 8.29. The van der Waals surface area contributed by atoms with Gasteiger partial charge in [-0.1, -0.05) is 42.0 Å². The number of fused-ring (bicyclic) bond motifs is 1. The Kier molecular flexibility index (Phi) is 4.85. The van der Waals surface area contributed by atoms with Crippen LogP contribution < -0.4 is 10.1 Å². The highest BCUT2D eigenvalue weighted by Gasteiger charge is 2.39. The van der Waals surface area contributed by atoms with Gasteiger partial charge in [0.2, 0.25) is 5.95 Å². The topological polar surface area (TPSA) is 69.0 Å². The molecule has 3 aromatic rings. The number of aromatic nitrogens is 3. The van der Waals surface area contributed by atoms with Crippen LogP contribution in [-0.2, 0) is 4.79 Å². The maximum absolute atomic E-state index is 13.5. The quantitative estimate of drug-likeness (QED) is 0.670. The van der Waals surface area contributed by atoms with E-state index in [0.717, 1.165) is 29.0 Å². The van der Waals surface area contributed by atoms with Crippen LogP contribution >= 0.6 is 0 Å². The number of hydrogen-bond donors (Lipinski definition) is 1. The van der Waals surface area contributed by atoms with Gasteiger partial charge in [0.05, 0.1) is 6.61 Å². The first-order valence-corrected chi connectivity index (χ1v) is 10.8. The molecule has 0 saturated carbocycles. The molecule has 6 heteroatoms. The van der Waals surface area contributed by atoms with E-state index < -0.39 is 0 Å². The van der Waals surface area contributed by atoms with Crippen molar-refractivity contribution in [3.63, 3.8) is 0 Å². The predicted molar refractivity (Wildman–Crippen MR) is 119 cm³/mol. The van der Waals surface area contributed by atoms with Crippen LogP contribution in [0.4, 0.5) is 5.95 Å². The summed E-state index contributed by atoms with van der Waals surface area (Å²) in [5, 5.41) is 8.02. The van der Waals surface area contributed by atoms with Gasteiger partial charge in [-0.15, -0.1) is 0 Å². The highest BCUT2D eigenvalue weighted by Crippen LogP contribution is 2.44. The summed E-state index contributed by atoms with van der Waals surface area (Å²) in [7, 11) is 0. The van der Waals surface area contributed by atoms with Gasteiger partial charge in [0.1, 0.15) is 17.6 Å².